The zero-order chi connectivity index (χ0) is 29.4. The maximum absolute atomic E-state index is 13.4. The van der Waals surface area contributed by atoms with Gasteiger partial charge in [-0.2, -0.15) is 5.10 Å². The van der Waals surface area contributed by atoms with Gasteiger partial charge in [0.15, 0.2) is 0 Å². The molecule has 1 atom stereocenters. The van der Waals surface area contributed by atoms with E-state index < -0.39 is 17.7 Å². The number of fused-ring (bicyclic) bond motifs is 1. The number of alkyl halides is 2. The van der Waals surface area contributed by atoms with Crippen molar-refractivity contribution in [1.82, 2.24) is 40.2 Å². The number of benzene rings is 1. The number of ether oxygens (including phenoxy) is 1. The highest BCUT2D eigenvalue weighted by atomic mass is 19.3. The first-order valence-electron chi connectivity index (χ1n) is 13.6. The first-order valence-corrected chi connectivity index (χ1v) is 13.6. The van der Waals surface area contributed by atoms with Gasteiger partial charge < -0.3 is 19.8 Å². The van der Waals surface area contributed by atoms with Gasteiger partial charge in [0.05, 0.1) is 42.9 Å². The van der Waals surface area contributed by atoms with Gasteiger partial charge in [-0.3, -0.25) is 14.4 Å². The number of halogens is 2. The second kappa shape index (κ2) is 11.2. The summed E-state index contributed by atoms with van der Waals surface area (Å²) in [5.74, 6) is -0.795. The first-order chi connectivity index (χ1) is 20.2. The van der Waals surface area contributed by atoms with E-state index in [1.165, 1.54) is 13.8 Å². The van der Waals surface area contributed by atoms with Gasteiger partial charge in [-0.25, -0.2) is 18.7 Å². The Hall–Kier alpha value is -4.30. The van der Waals surface area contributed by atoms with Crippen molar-refractivity contribution in [2.75, 3.05) is 25.1 Å². The standard InChI is InChI=1S/C28H31F2N9O3/c1-28(2,25(29)30)26-37-36-24(42-26)23(40)34-22-7-9-39(19-14-41-15-19)12-17-10-16(4-5-20(17)22)21-6-8-31-27(35-21)33-18-11-32-38(3)13-18/h4-6,8,10-11,13,19,22,25H,7,9,12,14-15H2,1-3H3,(H,34,40)(H,31,33,35)/t22-/m0/s1. The van der Waals surface area contributed by atoms with Gasteiger partial charge in [-0.15, -0.1) is 10.2 Å². The molecule has 1 fully saturated rings. The van der Waals surface area contributed by atoms with E-state index in [4.69, 9.17) is 14.1 Å². The predicted octanol–water partition coefficient (Wildman–Crippen LogP) is 3.62. The Labute approximate surface area is 240 Å². The van der Waals surface area contributed by atoms with Crippen molar-refractivity contribution in [3.05, 3.63) is 65.8 Å². The van der Waals surface area contributed by atoms with Gasteiger partial charge >= 0.3 is 11.8 Å². The van der Waals surface area contributed by atoms with Crippen molar-refractivity contribution in [3.63, 3.8) is 0 Å². The molecule has 6 rings (SSSR count). The lowest BCUT2D eigenvalue weighted by molar-refractivity contribution is -0.0678. The van der Waals surface area contributed by atoms with Crippen LogP contribution in [0.5, 0.6) is 0 Å². The van der Waals surface area contributed by atoms with Gasteiger partial charge in [0.2, 0.25) is 11.8 Å². The van der Waals surface area contributed by atoms with Crippen LogP contribution < -0.4 is 10.6 Å². The molecule has 0 aliphatic carbocycles. The maximum Gasteiger partial charge on any atom is 0.309 e. The van der Waals surface area contributed by atoms with E-state index in [2.05, 4.69) is 41.9 Å². The number of carbonyl (C=O) groups excluding carboxylic acids is 1. The minimum absolute atomic E-state index is 0.285. The third kappa shape index (κ3) is 5.59. The van der Waals surface area contributed by atoms with Crippen LogP contribution in [0.3, 0.4) is 0 Å². The van der Waals surface area contributed by atoms with Crippen LogP contribution >= 0.6 is 0 Å². The number of hydrogen-bond acceptors (Lipinski definition) is 10. The summed E-state index contributed by atoms with van der Waals surface area (Å²) in [5, 5.41) is 17.8. The quantitative estimate of drug-likeness (QED) is 0.319. The Balaban J connectivity index is 1.26. The van der Waals surface area contributed by atoms with E-state index in [9.17, 15) is 13.6 Å². The topological polar surface area (TPSA) is 136 Å². The Morgan fingerprint density at radius 1 is 1.19 bits per heavy atom. The molecule has 5 heterocycles. The predicted molar refractivity (Wildman–Crippen MR) is 147 cm³/mol. The average molecular weight is 580 g/mol. The van der Waals surface area contributed by atoms with E-state index >= 15 is 0 Å². The maximum atomic E-state index is 13.4. The number of rotatable bonds is 8. The molecule has 0 unspecified atom stereocenters. The van der Waals surface area contributed by atoms with Crippen molar-refractivity contribution >= 4 is 17.5 Å². The van der Waals surface area contributed by atoms with Crippen LogP contribution in [-0.4, -0.2) is 73.0 Å². The molecule has 220 valence electrons. The summed E-state index contributed by atoms with van der Waals surface area (Å²) < 4.78 is 39.4. The Kier molecular flexibility index (Phi) is 7.41. The Morgan fingerprint density at radius 3 is 2.74 bits per heavy atom. The molecule has 0 spiro atoms. The number of nitrogens with zero attached hydrogens (tertiary/aromatic N) is 7. The van der Waals surface area contributed by atoms with Crippen LogP contribution in [-0.2, 0) is 23.7 Å². The van der Waals surface area contributed by atoms with Crippen LogP contribution in [0.15, 0.2) is 47.3 Å². The summed E-state index contributed by atoms with van der Waals surface area (Å²) in [5.41, 5.74) is 2.73. The van der Waals surface area contributed by atoms with Crippen LogP contribution in [0.25, 0.3) is 11.3 Å². The molecule has 42 heavy (non-hydrogen) atoms. The normalized spacial score (nSPS) is 17.9. The number of hydrogen-bond donors (Lipinski definition) is 2. The molecular weight excluding hydrogens is 548 g/mol. The van der Waals surface area contributed by atoms with Gasteiger partial charge in [-0.1, -0.05) is 12.1 Å². The smallest absolute Gasteiger partial charge is 0.309 e. The van der Waals surface area contributed by atoms with Crippen molar-refractivity contribution in [1.29, 1.82) is 0 Å². The summed E-state index contributed by atoms with van der Waals surface area (Å²) >= 11 is 0. The summed E-state index contributed by atoms with van der Waals surface area (Å²) in [4.78, 5) is 24.5. The molecular formula is C28H31F2N9O3. The highest BCUT2D eigenvalue weighted by Gasteiger charge is 2.38. The van der Waals surface area contributed by atoms with Crippen LogP contribution in [0.4, 0.5) is 20.4 Å². The lowest BCUT2D eigenvalue weighted by atomic mass is 9.94. The fraction of sp³-hybridized carbons (Fsp3) is 0.429. The average Bonchev–Trinajstić information content (AvgIpc) is 3.56. The highest BCUT2D eigenvalue weighted by Crippen LogP contribution is 2.33. The molecule has 1 saturated heterocycles. The minimum atomic E-state index is -2.73. The molecule has 14 heteroatoms. The van der Waals surface area contributed by atoms with Gasteiger partial charge in [-0.05, 0) is 43.5 Å². The summed E-state index contributed by atoms with van der Waals surface area (Å²) in [6.07, 6.45) is 3.13. The molecule has 2 N–H and O–H groups in total. The number of amides is 1. The molecule has 0 saturated carbocycles. The summed E-state index contributed by atoms with van der Waals surface area (Å²) in [6.45, 7) is 5.30. The summed E-state index contributed by atoms with van der Waals surface area (Å²) in [7, 11) is 1.83. The molecule has 2 aliphatic heterocycles. The fourth-order valence-corrected chi connectivity index (χ4v) is 4.97. The second-order valence-corrected chi connectivity index (χ2v) is 11.1. The van der Waals surface area contributed by atoms with Crippen molar-refractivity contribution in [2.24, 2.45) is 7.05 Å². The zero-order valence-corrected chi connectivity index (χ0v) is 23.4. The van der Waals surface area contributed by atoms with Gasteiger partial charge in [0, 0.05) is 38.1 Å². The van der Waals surface area contributed by atoms with Crippen molar-refractivity contribution < 1.29 is 22.7 Å². The largest absolute Gasteiger partial charge is 0.416 e. The van der Waals surface area contributed by atoms with E-state index in [1.54, 1.807) is 17.1 Å². The van der Waals surface area contributed by atoms with Crippen LogP contribution in [0.1, 0.15) is 54.0 Å². The van der Waals surface area contributed by atoms with E-state index in [-0.39, 0.29) is 17.8 Å². The van der Waals surface area contributed by atoms with Crippen molar-refractivity contribution in [3.8, 4) is 11.3 Å². The van der Waals surface area contributed by atoms with E-state index in [0.29, 0.717) is 38.2 Å². The fourth-order valence-electron chi connectivity index (χ4n) is 4.97. The van der Waals surface area contributed by atoms with Crippen LogP contribution in [0.2, 0.25) is 0 Å². The molecule has 0 radical (unpaired) electrons. The Bertz CT molecular complexity index is 1580. The Morgan fingerprint density at radius 2 is 2.02 bits per heavy atom. The highest BCUT2D eigenvalue weighted by molar-refractivity contribution is 5.89. The molecule has 1 amide bonds. The minimum Gasteiger partial charge on any atom is -0.416 e. The molecule has 12 nitrogen and oxygen atoms in total. The lowest BCUT2D eigenvalue weighted by Crippen LogP contribution is -2.48. The second-order valence-electron chi connectivity index (χ2n) is 11.1. The third-order valence-electron chi connectivity index (χ3n) is 7.67. The van der Waals surface area contributed by atoms with Crippen LogP contribution in [0, 0.1) is 0 Å². The number of anilines is 2. The molecule has 0 bridgehead atoms. The van der Waals surface area contributed by atoms with E-state index in [0.717, 1.165) is 34.6 Å². The van der Waals surface area contributed by atoms with E-state index in [1.807, 2.05) is 31.4 Å². The zero-order valence-electron chi connectivity index (χ0n) is 23.4. The SMILES string of the molecule is Cn1cc(Nc2nccc(-c3ccc4c(c3)CN(C3COC3)CC[C@@H]4NC(=O)c3nnc(C(C)(C)C(F)F)o3)n2)cn1. The molecule has 4 aromatic rings. The monoisotopic (exact) mass is 579 g/mol. The number of aryl methyl sites for hydroxylation is 1. The number of carbonyl (C=O) groups is 1. The molecule has 2 aliphatic rings. The molecule has 1 aromatic carbocycles. The number of aromatic nitrogens is 6. The summed E-state index contributed by atoms with van der Waals surface area (Å²) in [6, 6.07) is 7.81. The van der Waals surface area contributed by atoms with Gasteiger partial charge in [0.1, 0.15) is 5.41 Å². The van der Waals surface area contributed by atoms with Gasteiger partial charge in [0.25, 0.3) is 6.43 Å². The molecule has 3 aromatic heterocycles. The number of nitrogens with one attached hydrogen (secondary N) is 2. The van der Waals surface area contributed by atoms with Crippen molar-refractivity contribution in [2.45, 2.75) is 50.7 Å². The third-order valence-corrected chi connectivity index (χ3v) is 7.67. The first kappa shape index (κ1) is 27.8. The lowest BCUT2D eigenvalue weighted by Gasteiger charge is -2.36.